The van der Waals surface area contributed by atoms with Crippen LogP contribution in [0, 0.1) is 12.8 Å². The lowest BCUT2D eigenvalue weighted by Crippen LogP contribution is -2.62. The first-order valence-electron chi connectivity index (χ1n) is 8.27. The van der Waals surface area contributed by atoms with E-state index in [1.165, 1.54) is 0 Å². The summed E-state index contributed by atoms with van der Waals surface area (Å²) in [6.45, 7) is 4.81. The van der Waals surface area contributed by atoms with E-state index < -0.39 is 0 Å². The van der Waals surface area contributed by atoms with Gasteiger partial charge in [-0.3, -0.25) is 9.78 Å². The molecule has 1 aromatic carbocycles. The fourth-order valence-corrected chi connectivity index (χ4v) is 3.55. The first kappa shape index (κ1) is 14.4. The van der Waals surface area contributed by atoms with E-state index in [0.29, 0.717) is 6.04 Å². The van der Waals surface area contributed by atoms with E-state index in [1.807, 2.05) is 48.2 Å². The standard InChI is InChI=1S/C19H21N3O/c1-13-5-6-15(17-4-2-3-8-20-17)16(10-13)19(23)22-9-7-14-11-21-18(14)12-22/h2-6,8,10,14,18,21H,7,9,11-12H2,1H3/t14-,18?/m0/s1. The van der Waals surface area contributed by atoms with Crippen molar-refractivity contribution < 1.29 is 4.79 Å². The molecule has 4 heteroatoms. The molecule has 0 radical (unpaired) electrons. The molecule has 1 unspecified atom stereocenters. The van der Waals surface area contributed by atoms with Gasteiger partial charge in [0, 0.05) is 36.5 Å². The van der Waals surface area contributed by atoms with Crippen LogP contribution in [-0.4, -0.2) is 41.5 Å². The molecule has 2 saturated heterocycles. The highest BCUT2D eigenvalue weighted by molar-refractivity contribution is 6.00. The molecule has 2 atom stereocenters. The number of amides is 1. The molecule has 0 spiro atoms. The molecule has 4 nitrogen and oxygen atoms in total. The van der Waals surface area contributed by atoms with Crippen molar-refractivity contribution in [1.29, 1.82) is 0 Å². The summed E-state index contributed by atoms with van der Waals surface area (Å²) in [5.41, 5.74) is 3.64. The van der Waals surface area contributed by atoms with Crippen LogP contribution in [0.1, 0.15) is 22.3 Å². The molecule has 2 aromatic rings. The summed E-state index contributed by atoms with van der Waals surface area (Å²) in [5, 5.41) is 3.44. The maximum absolute atomic E-state index is 13.1. The van der Waals surface area contributed by atoms with Crippen LogP contribution in [-0.2, 0) is 0 Å². The van der Waals surface area contributed by atoms with Crippen LogP contribution in [0.5, 0.6) is 0 Å². The molecule has 23 heavy (non-hydrogen) atoms. The Kier molecular flexibility index (Phi) is 3.62. The Labute approximate surface area is 136 Å². The molecule has 1 aromatic heterocycles. The van der Waals surface area contributed by atoms with Gasteiger partial charge in [-0.1, -0.05) is 23.8 Å². The third-order valence-electron chi connectivity index (χ3n) is 5.03. The number of piperidine rings is 1. The fourth-order valence-electron chi connectivity index (χ4n) is 3.55. The molecular formula is C19H21N3O. The molecule has 0 aliphatic carbocycles. The Morgan fingerprint density at radius 2 is 2.22 bits per heavy atom. The number of fused-ring (bicyclic) bond motifs is 1. The Hall–Kier alpha value is -2.20. The maximum Gasteiger partial charge on any atom is 0.254 e. The third-order valence-corrected chi connectivity index (χ3v) is 5.03. The van der Waals surface area contributed by atoms with Crippen molar-refractivity contribution in [2.75, 3.05) is 19.6 Å². The second-order valence-electron chi connectivity index (χ2n) is 6.58. The molecule has 1 N–H and O–H groups in total. The molecule has 4 rings (SSSR count). The van der Waals surface area contributed by atoms with Gasteiger partial charge in [0.05, 0.1) is 5.69 Å². The van der Waals surface area contributed by atoms with E-state index >= 15 is 0 Å². The highest BCUT2D eigenvalue weighted by Crippen LogP contribution is 2.28. The Morgan fingerprint density at radius 3 is 2.91 bits per heavy atom. The predicted octanol–water partition coefficient (Wildman–Crippen LogP) is 2.49. The van der Waals surface area contributed by atoms with Gasteiger partial charge < -0.3 is 10.2 Å². The van der Waals surface area contributed by atoms with E-state index in [2.05, 4.69) is 10.3 Å². The number of hydrogen-bond donors (Lipinski definition) is 1. The molecular weight excluding hydrogens is 286 g/mol. The van der Waals surface area contributed by atoms with Crippen LogP contribution in [0.15, 0.2) is 42.6 Å². The third kappa shape index (κ3) is 2.63. The van der Waals surface area contributed by atoms with Crippen LogP contribution in [0.25, 0.3) is 11.3 Å². The number of hydrogen-bond acceptors (Lipinski definition) is 3. The van der Waals surface area contributed by atoms with Crippen molar-refractivity contribution in [2.24, 2.45) is 5.92 Å². The Balaban J connectivity index is 1.67. The summed E-state index contributed by atoms with van der Waals surface area (Å²) in [7, 11) is 0. The van der Waals surface area contributed by atoms with Crippen molar-refractivity contribution in [1.82, 2.24) is 15.2 Å². The number of carbonyl (C=O) groups excluding carboxylic acids is 1. The highest BCUT2D eigenvalue weighted by atomic mass is 16.2. The van der Waals surface area contributed by atoms with Gasteiger partial charge in [0.25, 0.3) is 5.91 Å². The van der Waals surface area contributed by atoms with Crippen molar-refractivity contribution in [3.63, 3.8) is 0 Å². The number of benzene rings is 1. The largest absolute Gasteiger partial charge is 0.337 e. The van der Waals surface area contributed by atoms with Crippen LogP contribution >= 0.6 is 0 Å². The average molecular weight is 307 g/mol. The van der Waals surface area contributed by atoms with E-state index in [0.717, 1.165) is 54.4 Å². The van der Waals surface area contributed by atoms with Crippen molar-refractivity contribution >= 4 is 5.91 Å². The van der Waals surface area contributed by atoms with E-state index in [4.69, 9.17) is 0 Å². The minimum atomic E-state index is 0.126. The van der Waals surface area contributed by atoms with Gasteiger partial charge in [-0.2, -0.15) is 0 Å². The minimum Gasteiger partial charge on any atom is -0.337 e. The van der Waals surface area contributed by atoms with E-state index in [1.54, 1.807) is 6.20 Å². The normalized spacial score (nSPS) is 23.1. The molecule has 2 aliphatic rings. The zero-order chi connectivity index (χ0) is 15.8. The van der Waals surface area contributed by atoms with Gasteiger partial charge in [0.15, 0.2) is 0 Å². The number of pyridine rings is 1. The Morgan fingerprint density at radius 1 is 1.30 bits per heavy atom. The van der Waals surface area contributed by atoms with Crippen molar-refractivity contribution in [3.05, 3.63) is 53.7 Å². The van der Waals surface area contributed by atoms with Gasteiger partial charge in [0.2, 0.25) is 0 Å². The summed E-state index contributed by atoms with van der Waals surface area (Å²) < 4.78 is 0. The predicted molar refractivity (Wildman–Crippen MR) is 90.2 cm³/mol. The molecule has 118 valence electrons. The molecule has 3 heterocycles. The van der Waals surface area contributed by atoms with E-state index in [9.17, 15) is 4.79 Å². The lowest BCUT2D eigenvalue weighted by molar-refractivity contribution is 0.0519. The maximum atomic E-state index is 13.1. The molecule has 2 fully saturated rings. The number of likely N-dealkylation sites (tertiary alicyclic amines) is 1. The second kappa shape index (κ2) is 5.78. The quantitative estimate of drug-likeness (QED) is 0.927. The number of nitrogens with zero attached hydrogens (tertiary/aromatic N) is 2. The van der Waals surface area contributed by atoms with Crippen LogP contribution in [0.3, 0.4) is 0 Å². The van der Waals surface area contributed by atoms with Crippen LogP contribution < -0.4 is 5.32 Å². The van der Waals surface area contributed by atoms with E-state index in [-0.39, 0.29) is 5.91 Å². The van der Waals surface area contributed by atoms with Gasteiger partial charge >= 0.3 is 0 Å². The highest BCUT2D eigenvalue weighted by Gasteiger charge is 2.37. The molecule has 0 bridgehead atoms. The fraction of sp³-hybridized carbons (Fsp3) is 0.368. The summed E-state index contributed by atoms with van der Waals surface area (Å²) in [4.78, 5) is 19.5. The second-order valence-corrected chi connectivity index (χ2v) is 6.58. The minimum absolute atomic E-state index is 0.126. The van der Waals surface area contributed by atoms with Crippen LogP contribution in [0.4, 0.5) is 0 Å². The summed E-state index contributed by atoms with van der Waals surface area (Å²) in [6, 6.07) is 12.3. The zero-order valence-electron chi connectivity index (χ0n) is 13.3. The molecule has 2 aliphatic heterocycles. The topological polar surface area (TPSA) is 45.2 Å². The number of rotatable bonds is 2. The lowest BCUT2D eigenvalue weighted by Gasteiger charge is -2.46. The van der Waals surface area contributed by atoms with Gasteiger partial charge in [0.1, 0.15) is 0 Å². The van der Waals surface area contributed by atoms with Crippen molar-refractivity contribution in [2.45, 2.75) is 19.4 Å². The lowest BCUT2D eigenvalue weighted by atomic mass is 9.84. The summed E-state index contributed by atoms with van der Waals surface area (Å²) >= 11 is 0. The Bertz CT molecular complexity index is 729. The first-order valence-corrected chi connectivity index (χ1v) is 8.27. The number of aryl methyl sites for hydroxylation is 1. The van der Waals surface area contributed by atoms with Crippen LogP contribution in [0.2, 0.25) is 0 Å². The SMILES string of the molecule is Cc1ccc(-c2ccccn2)c(C(=O)N2CC[C@H]3CNC3C2)c1. The molecule has 0 saturated carbocycles. The summed E-state index contributed by atoms with van der Waals surface area (Å²) in [6.07, 6.45) is 2.88. The number of aromatic nitrogens is 1. The van der Waals surface area contributed by atoms with Gasteiger partial charge in [-0.25, -0.2) is 0 Å². The number of nitrogens with one attached hydrogen (secondary N) is 1. The molecule has 1 amide bonds. The van der Waals surface area contributed by atoms with Crippen molar-refractivity contribution in [3.8, 4) is 11.3 Å². The summed E-state index contributed by atoms with van der Waals surface area (Å²) in [5.74, 6) is 0.883. The average Bonchev–Trinajstić information content (AvgIpc) is 2.56. The number of carbonyl (C=O) groups is 1. The van der Waals surface area contributed by atoms with Gasteiger partial charge in [-0.05, 0) is 44.0 Å². The monoisotopic (exact) mass is 307 g/mol. The first-order chi connectivity index (χ1) is 11.2. The zero-order valence-corrected chi connectivity index (χ0v) is 13.3. The smallest absolute Gasteiger partial charge is 0.254 e. The van der Waals surface area contributed by atoms with Gasteiger partial charge in [-0.15, -0.1) is 0 Å².